The summed E-state index contributed by atoms with van der Waals surface area (Å²) in [4.78, 5) is 17.3. The molecule has 0 atom stereocenters. The maximum Gasteiger partial charge on any atom is 0.228 e. The van der Waals surface area contributed by atoms with E-state index in [1.54, 1.807) is 13.2 Å². The van der Waals surface area contributed by atoms with Crippen LogP contribution in [0.15, 0.2) is 48.5 Å². The summed E-state index contributed by atoms with van der Waals surface area (Å²) in [5.41, 5.74) is 7.62. The van der Waals surface area contributed by atoms with Crippen molar-refractivity contribution < 1.29 is 9.13 Å². The molecule has 3 aromatic rings. The van der Waals surface area contributed by atoms with E-state index in [9.17, 15) is 4.39 Å². The first-order valence-corrected chi connectivity index (χ1v) is 10.2. The van der Waals surface area contributed by atoms with E-state index >= 15 is 0 Å². The van der Waals surface area contributed by atoms with Crippen molar-refractivity contribution in [2.24, 2.45) is 0 Å². The minimum absolute atomic E-state index is 0.186. The van der Waals surface area contributed by atoms with Crippen LogP contribution in [0, 0.1) is 5.82 Å². The largest absolute Gasteiger partial charge is 0.497 e. The second-order valence-electron chi connectivity index (χ2n) is 7.35. The first kappa shape index (κ1) is 20.8. The molecule has 2 heterocycles. The van der Waals surface area contributed by atoms with Gasteiger partial charge in [-0.05, 0) is 29.8 Å². The van der Waals surface area contributed by atoms with Gasteiger partial charge in [0.15, 0.2) is 0 Å². The lowest BCUT2D eigenvalue weighted by molar-refractivity contribution is 0.243. The van der Waals surface area contributed by atoms with Crippen molar-refractivity contribution in [3.63, 3.8) is 0 Å². The maximum absolute atomic E-state index is 14.0. The number of methoxy groups -OCH3 is 1. The van der Waals surface area contributed by atoms with Crippen molar-refractivity contribution in [1.29, 1.82) is 0 Å². The zero-order chi connectivity index (χ0) is 21.6. The number of halogens is 1. The van der Waals surface area contributed by atoms with E-state index in [2.05, 4.69) is 30.1 Å². The van der Waals surface area contributed by atoms with Gasteiger partial charge >= 0.3 is 0 Å². The van der Waals surface area contributed by atoms with Gasteiger partial charge in [-0.25, -0.2) is 4.39 Å². The van der Waals surface area contributed by atoms with Gasteiger partial charge in [-0.1, -0.05) is 24.3 Å². The predicted octanol–water partition coefficient (Wildman–Crippen LogP) is 2.54. The minimum Gasteiger partial charge on any atom is -0.497 e. The molecule has 0 aliphatic carbocycles. The van der Waals surface area contributed by atoms with Crippen LogP contribution in [-0.4, -0.2) is 53.1 Å². The van der Waals surface area contributed by atoms with Crippen LogP contribution < -0.4 is 20.7 Å². The van der Waals surface area contributed by atoms with Gasteiger partial charge in [-0.15, -0.1) is 0 Å². The third kappa shape index (κ3) is 5.37. The van der Waals surface area contributed by atoms with Crippen molar-refractivity contribution in [2.75, 3.05) is 49.2 Å². The van der Waals surface area contributed by atoms with Crippen molar-refractivity contribution >= 4 is 17.6 Å². The van der Waals surface area contributed by atoms with Gasteiger partial charge in [0.05, 0.1) is 19.3 Å². The Labute approximate surface area is 180 Å². The molecular formula is C22H26FN7O. The molecular weight excluding hydrogens is 397 g/mol. The van der Waals surface area contributed by atoms with E-state index in [0.717, 1.165) is 37.5 Å². The zero-order valence-corrected chi connectivity index (χ0v) is 17.5. The molecule has 0 spiro atoms. The number of ether oxygens (including phenoxy) is 1. The van der Waals surface area contributed by atoms with Gasteiger partial charge in [-0.2, -0.15) is 15.0 Å². The van der Waals surface area contributed by atoms with E-state index in [-0.39, 0.29) is 11.8 Å². The standard InChI is InChI=1S/C22H26FN7O/c1-31-17-8-6-16(7-9-17)14-25-22-27-20(26-21(24)28-22)15-29-10-12-30(13-11-29)19-5-3-2-4-18(19)23/h2-9H,10-15H2,1H3,(H3,24,25,26,27,28). The monoisotopic (exact) mass is 423 g/mol. The molecule has 8 nitrogen and oxygen atoms in total. The molecule has 0 saturated carbocycles. The molecule has 0 radical (unpaired) electrons. The third-order valence-corrected chi connectivity index (χ3v) is 5.24. The Morgan fingerprint density at radius 2 is 1.74 bits per heavy atom. The summed E-state index contributed by atoms with van der Waals surface area (Å²) in [6, 6.07) is 14.7. The number of benzene rings is 2. The third-order valence-electron chi connectivity index (χ3n) is 5.24. The summed E-state index contributed by atoms with van der Waals surface area (Å²) in [5.74, 6) is 1.87. The molecule has 0 unspecified atom stereocenters. The van der Waals surface area contributed by atoms with Crippen molar-refractivity contribution in [1.82, 2.24) is 19.9 Å². The van der Waals surface area contributed by atoms with Gasteiger partial charge in [0.1, 0.15) is 17.4 Å². The lowest BCUT2D eigenvalue weighted by atomic mass is 10.2. The van der Waals surface area contributed by atoms with Crippen LogP contribution in [0.4, 0.5) is 22.0 Å². The number of hydrogen-bond donors (Lipinski definition) is 2. The summed E-state index contributed by atoms with van der Waals surface area (Å²) in [6.45, 7) is 4.18. The number of hydrogen-bond acceptors (Lipinski definition) is 8. The van der Waals surface area contributed by atoms with Gasteiger partial charge in [0.25, 0.3) is 0 Å². The fraction of sp³-hybridized carbons (Fsp3) is 0.318. The Balaban J connectivity index is 1.34. The molecule has 1 aliphatic heterocycles. The van der Waals surface area contributed by atoms with Crippen LogP contribution in [0.1, 0.15) is 11.4 Å². The van der Waals surface area contributed by atoms with E-state index < -0.39 is 0 Å². The normalized spacial score (nSPS) is 14.5. The van der Waals surface area contributed by atoms with Crippen LogP contribution in [0.3, 0.4) is 0 Å². The van der Waals surface area contributed by atoms with E-state index in [1.165, 1.54) is 6.07 Å². The zero-order valence-electron chi connectivity index (χ0n) is 17.5. The molecule has 9 heteroatoms. The first-order chi connectivity index (χ1) is 15.1. The molecule has 162 valence electrons. The van der Waals surface area contributed by atoms with Crippen molar-refractivity contribution in [3.05, 3.63) is 65.7 Å². The Kier molecular flexibility index (Phi) is 6.42. The van der Waals surface area contributed by atoms with E-state index in [1.807, 2.05) is 36.4 Å². The number of nitrogens with one attached hydrogen (secondary N) is 1. The summed E-state index contributed by atoms with van der Waals surface area (Å²) >= 11 is 0. The van der Waals surface area contributed by atoms with Gasteiger partial charge < -0.3 is 20.7 Å². The predicted molar refractivity (Wildman–Crippen MR) is 118 cm³/mol. The second-order valence-corrected chi connectivity index (χ2v) is 7.35. The fourth-order valence-corrected chi connectivity index (χ4v) is 3.57. The van der Waals surface area contributed by atoms with Gasteiger partial charge in [-0.3, -0.25) is 4.90 Å². The number of anilines is 3. The van der Waals surface area contributed by atoms with Crippen molar-refractivity contribution in [2.45, 2.75) is 13.1 Å². The molecule has 31 heavy (non-hydrogen) atoms. The number of para-hydroxylation sites is 1. The number of nitrogen functional groups attached to an aromatic ring is 1. The Morgan fingerprint density at radius 1 is 1.00 bits per heavy atom. The fourth-order valence-electron chi connectivity index (χ4n) is 3.57. The second kappa shape index (κ2) is 9.57. The molecule has 0 amide bonds. The van der Waals surface area contributed by atoms with Crippen LogP contribution in [0.5, 0.6) is 5.75 Å². The van der Waals surface area contributed by atoms with Crippen molar-refractivity contribution in [3.8, 4) is 5.75 Å². The summed E-state index contributed by atoms with van der Waals surface area (Å²) in [7, 11) is 1.64. The smallest absolute Gasteiger partial charge is 0.228 e. The average molecular weight is 423 g/mol. The molecule has 1 fully saturated rings. The maximum atomic E-state index is 14.0. The van der Waals surface area contributed by atoms with E-state index in [4.69, 9.17) is 10.5 Å². The highest BCUT2D eigenvalue weighted by Crippen LogP contribution is 2.20. The van der Waals surface area contributed by atoms with Crippen LogP contribution in [0.25, 0.3) is 0 Å². The molecule has 1 saturated heterocycles. The molecule has 4 rings (SSSR count). The molecule has 2 aromatic carbocycles. The molecule has 1 aliphatic rings. The van der Waals surface area contributed by atoms with Crippen LogP contribution in [-0.2, 0) is 13.1 Å². The number of rotatable bonds is 7. The quantitative estimate of drug-likeness (QED) is 0.599. The number of aromatic nitrogens is 3. The van der Waals surface area contributed by atoms with Gasteiger partial charge in [0, 0.05) is 32.7 Å². The molecule has 0 bridgehead atoms. The van der Waals surface area contributed by atoms with Crippen LogP contribution in [0.2, 0.25) is 0 Å². The highest BCUT2D eigenvalue weighted by atomic mass is 19.1. The topological polar surface area (TPSA) is 92.4 Å². The first-order valence-electron chi connectivity index (χ1n) is 10.2. The highest BCUT2D eigenvalue weighted by Gasteiger charge is 2.20. The minimum atomic E-state index is -0.186. The number of nitrogens with zero attached hydrogens (tertiary/aromatic N) is 5. The lowest BCUT2D eigenvalue weighted by Crippen LogP contribution is -2.46. The lowest BCUT2D eigenvalue weighted by Gasteiger charge is -2.35. The SMILES string of the molecule is COc1ccc(CNc2nc(N)nc(CN3CCN(c4ccccc4F)CC3)n2)cc1. The van der Waals surface area contributed by atoms with Crippen LogP contribution >= 0.6 is 0 Å². The van der Waals surface area contributed by atoms with E-state index in [0.29, 0.717) is 30.5 Å². The molecule has 3 N–H and O–H groups in total. The summed E-state index contributed by atoms with van der Waals surface area (Å²) in [5, 5.41) is 3.20. The van der Waals surface area contributed by atoms with Gasteiger partial charge in [0.2, 0.25) is 11.9 Å². The number of piperazine rings is 1. The Bertz CT molecular complexity index is 1010. The summed E-state index contributed by atoms with van der Waals surface area (Å²) in [6.07, 6.45) is 0. The highest BCUT2D eigenvalue weighted by molar-refractivity contribution is 5.48. The number of nitrogens with two attached hydrogens (primary N) is 1. The average Bonchev–Trinajstić information content (AvgIpc) is 2.79. The summed E-state index contributed by atoms with van der Waals surface area (Å²) < 4.78 is 19.2. The Morgan fingerprint density at radius 3 is 2.45 bits per heavy atom. The Hall–Kier alpha value is -3.46. The molecule has 1 aromatic heterocycles.